The van der Waals surface area contributed by atoms with Crippen LogP contribution in [0.3, 0.4) is 0 Å². The molecule has 4 nitrogen and oxygen atoms in total. The van der Waals surface area contributed by atoms with Gasteiger partial charge in [-0.05, 0) is 43.4 Å². The zero-order chi connectivity index (χ0) is 17.7. The minimum atomic E-state index is -1.14. The van der Waals surface area contributed by atoms with Crippen LogP contribution >= 0.6 is 0 Å². The summed E-state index contributed by atoms with van der Waals surface area (Å²) in [6, 6.07) is 8.48. The summed E-state index contributed by atoms with van der Waals surface area (Å²) < 4.78 is 37.5. The van der Waals surface area contributed by atoms with Crippen molar-refractivity contribution in [2.45, 2.75) is 12.6 Å². The van der Waals surface area contributed by atoms with Gasteiger partial charge in [-0.25, -0.2) is 8.78 Å². The Morgan fingerprint density at radius 1 is 1.08 bits per heavy atom. The Hall–Kier alpha value is -2.18. The van der Waals surface area contributed by atoms with Gasteiger partial charge >= 0.3 is 0 Å². The molecule has 2 aromatic carbocycles. The standard InChI is InChI=1S/C18H21F2NO3/c1-21(10-12-8-14(23-2)5-7-18(12)24-3)11-17(22)15-9-13(19)4-6-16(15)20/h4-9,17,22H,10-11H2,1-3H3. The maximum atomic E-state index is 13.7. The number of ether oxygens (including phenoxy) is 2. The summed E-state index contributed by atoms with van der Waals surface area (Å²) in [5.74, 6) is 0.170. The van der Waals surface area contributed by atoms with Crippen LogP contribution in [0, 0.1) is 11.6 Å². The molecule has 0 radical (unpaired) electrons. The van der Waals surface area contributed by atoms with Crippen molar-refractivity contribution in [1.82, 2.24) is 4.90 Å². The Bertz CT molecular complexity index is 694. The smallest absolute Gasteiger partial charge is 0.129 e. The van der Waals surface area contributed by atoms with Gasteiger partial charge in [-0.15, -0.1) is 0 Å². The van der Waals surface area contributed by atoms with Gasteiger partial charge in [0.1, 0.15) is 23.1 Å². The molecule has 130 valence electrons. The largest absolute Gasteiger partial charge is 0.497 e. The minimum Gasteiger partial charge on any atom is -0.497 e. The van der Waals surface area contributed by atoms with E-state index in [0.717, 1.165) is 23.8 Å². The minimum absolute atomic E-state index is 0.0561. The van der Waals surface area contributed by atoms with Gasteiger partial charge in [-0.3, -0.25) is 4.90 Å². The van der Waals surface area contributed by atoms with Crippen LogP contribution in [0.4, 0.5) is 8.78 Å². The molecular formula is C18H21F2NO3. The highest BCUT2D eigenvalue weighted by molar-refractivity contribution is 5.40. The molecule has 0 amide bonds. The Kier molecular flexibility index (Phi) is 6.11. The number of halogens is 2. The molecule has 1 N–H and O–H groups in total. The molecule has 0 aliphatic carbocycles. The first-order valence-corrected chi connectivity index (χ1v) is 7.47. The van der Waals surface area contributed by atoms with Gasteiger partial charge in [0, 0.05) is 24.2 Å². The molecule has 0 saturated carbocycles. The molecule has 0 spiro atoms. The summed E-state index contributed by atoms with van der Waals surface area (Å²) in [5, 5.41) is 10.2. The molecule has 1 atom stereocenters. The predicted molar refractivity (Wildman–Crippen MR) is 87.2 cm³/mol. The molecule has 0 aromatic heterocycles. The average Bonchev–Trinajstić information content (AvgIpc) is 2.56. The van der Waals surface area contributed by atoms with E-state index in [0.29, 0.717) is 18.0 Å². The van der Waals surface area contributed by atoms with Crippen LogP contribution in [0.2, 0.25) is 0 Å². The Labute approximate surface area is 140 Å². The molecule has 0 bridgehead atoms. The fraction of sp³-hybridized carbons (Fsp3) is 0.333. The van der Waals surface area contributed by atoms with E-state index in [1.54, 1.807) is 38.3 Å². The van der Waals surface area contributed by atoms with Gasteiger partial charge in [0.25, 0.3) is 0 Å². The molecule has 1 unspecified atom stereocenters. The molecule has 6 heteroatoms. The quantitative estimate of drug-likeness (QED) is 0.843. The van der Waals surface area contributed by atoms with Crippen LogP contribution in [0.1, 0.15) is 17.2 Å². The summed E-state index contributed by atoms with van der Waals surface area (Å²) in [6.45, 7) is 0.592. The zero-order valence-corrected chi connectivity index (χ0v) is 13.9. The number of nitrogens with zero attached hydrogens (tertiary/aromatic N) is 1. The molecule has 0 aliphatic rings. The third-order valence-electron chi connectivity index (χ3n) is 3.73. The maximum Gasteiger partial charge on any atom is 0.129 e. The molecule has 0 fully saturated rings. The SMILES string of the molecule is COc1ccc(OC)c(CN(C)CC(O)c2cc(F)ccc2F)c1. The Morgan fingerprint density at radius 2 is 1.83 bits per heavy atom. The van der Waals surface area contributed by atoms with Crippen molar-refractivity contribution in [3.63, 3.8) is 0 Å². The van der Waals surface area contributed by atoms with E-state index in [4.69, 9.17) is 9.47 Å². The van der Waals surface area contributed by atoms with Crippen LogP contribution in [-0.4, -0.2) is 37.8 Å². The zero-order valence-electron chi connectivity index (χ0n) is 13.9. The van der Waals surface area contributed by atoms with Crippen LogP contribution in [0.15, 0.2) is 36.4 Å². The lowest BCUT2D eigenvalue weighted by atomic mass is 10.1. The lowest BCUT2D eigenvalue weighted by Gasteiger charge is -2.22. The van der Waals surface area contributed by atoms with E-state index >= 15 is 0 Å². The lowest BCUT2D eigenvalue weighted by Crippen LogP contribution is -2.25. The molecule has 2 aromatic rings. The van der Waals surface area contributed by atoms with E-state index in [2.05, 4.69) is 0 Å². The van der Waals surface area contributed by atoms with Gasteiger partial charge < -0.3 is 14.6 Å². The first kappa shape index (κ1) is 18.2. The molecule has 0 aliphatic heterocycles. The number of aliphatic hydroxyl groups excluding tert-OH is 1. The number of benzene rings is 2. The van der Waals surface area contributed by atoms with Crippen LogP contribution in [-0.2, 0) is 6.54 Å². The van der Waals surface area contributed by atoms with Crippen molar-refractivity contribution in [2.75, 3.05) is 27.8 Å². The first-order chi connectivity index (χ1) is 11.4. The van der Waals surface area contributed by atoms with Crippen LogP contribution in [0.25, 0.3) is 0 Å². The van der Waals surface area contributed by atoms with Gasteiger partial charge in [-0.2, -0.15) is 0 Å². The monoisotopic (exact) mass is 337 g/mol. The topological polar surface area (TPSA) is 41.9 Å². The van der Waals surface area contributed by atoms with Crippen molar-refractivity contribution in [3.8, 4) is 11.5 Å². The number of hydrogen-bond donors (Lipinski definition) is 1. The summed E-state index contributed by atoms with van der Waals surface area (Å²) in [5.41, 5.74) is 0.811. The molecule has 2 rings (SSSR count). The maximum absolute atomic E-state index is 13.7. The number of hydrogen-bond acceptors (Lipinski definition) is 4. The van der Waals surface area contributed by atoms with E-state index < -0.39 is 17.7 Å². The fourth-order valence-electron chi connectivity index (χ4n) is 2.52. The molecule has 24 heavy (non-hydrogen) atoms. The van der Waals surface area contributed by atoms with E-state index in [1.807, 2.05) is 6.07 Å². The van der Waals surface area contributed by atoms with Crippen molar-refractivity contribution in [3.05, 3.63) is 59.2 Å². The number of likely N-dealkylation sites (N-methyl/N-ethyl adjacent to an activating group) is 1. The highest BCUT2D eigenvalue weighted by Gasteiger charge is 2.17. The molecular weight excluding hydrogens is 316 g/mol. The van der Waals surface area contributed by atoms with Crippen molar-refractivity contribution < 1.29 is 23.4 Å². The number of aliphatic hydroxyl groups is 1. The highest BCUT2D eigenvalue weighted by Crippen LogP contribution is 2.26. The third-order valence-corrected chi connectivity index (χ3v) is 3.73. The second-order valence-corrected chi connectivity index (χ2v) is 5.56. The summed E-state index contributed by atoms with van der Waals surface area (Å²) in [7, 11) is 4.92. The van der Waals surface area contributed by atoms with Gasteiger partial charge in [0.15, 0.2) is 0 Å². The molecule has 0 heterocycles. The van der Waals surface area contributed by atoms with E-state index in [1.165, 1.54) is 0 Å². The Balaban J connectivity index is 2.10. The van der Waals surface area contributed by atoms with Crippen molar-refractivity contribution in [1.29, 1.82) is 0 Å². The van der Waals surface area contributed by atoms with Crippen molar-refractivity contribution >= 4 is 0 Å². The summed E-state index contributed by atoms with van der Waals surface area (Å²) in [6.07, 6.45) is -1.14. The normalized spacial score (nSPS) is 12.3. The second kappa shape index (κ2) is 8.08. The third kappa shape index (κ3) is 4.43. The second-order valence-electron chi connectivity index (χ2n) is 5.56. The first-order valence-electron chi connectivity index (χ1n) is 7.47. The predicted octanol–water partition coefficient (Wildman–Crippen LogP) is 3.15. The summed E-state index contributed by atoms with van der Waals surface area (Å²) >= 11 is 0. The molecule has 0 saturated heterocycles. The highest BCUT2D eigenvalue weighted by atomic mass is 19.1. The number of rotatable bonds is 7. The van der Waals surface area contributed by atoms with E-state index in [-0.39, 0.29) is 12.1 Å². The Morgan fingerprint density at radius 3 is 2.50 bits per heavy atom. The lowest BCUT2D eigenvalue weighted by molar-refractivity contribution is 0.119. The summed E-state index contributed by atoms with van der Waals surface area (Å²) in [4.78, 5) is 1.80. The van der Waals surface area contributed by atoms with E-state index in [9.17, 15) is 13.9 Å². The van der Waals surface area contributed by atoms with Crippen LogP contribution < -0.4 is 9.47 Å². The van der Waals surface area contributed by atoms with Crippen LogP contribution in [0.5, 0.6) is 11.5 Å². The average molecular weight is 337 g/mol. The van der Waals surface area contributed by atoms with Gasteiger partial charge in [0.2, 0.25) is 0 Å². The van der Waals surface area contributed by atoms with Gasteiger partial charge in [0.05, 0.1) is 20.3 Å². The fourth-order valence-corrected chi connectivity index (χ4v) is 2.52. The van der Waals surface area contributed by atoms with Crippen molar-refractivity contribution in [2.24, 2.45) is 0 Å². The van der Waals surface area contributed by atoms with Gasteiger partial charge in [-0.1, -0.05) is 0 Å². The number of methoxy groups -OCH3 is 2.